The lowest BCUT2D eigenvalue weighted by molar-refractivity contribution is 0.0930. The molecule has 1 fully saturated rings. The summed E-state index contributed by atoms with van der Waals surface area (Å²) in [6, 6.07) is 7.53. The maximum absolute atomic E-state index is 15.4. The van der Waals surface area contributed by atoms with Gasteiger partial charge in [-0.1, -0.05) is 19.9 Å². The van der Waals surface area contributed by atoms with E-state index in [1.807, 2.05) is 27.7 Å². The van der Waals surface area contributed by atoms with Crippen molar-refractivity contribution < 1.29 is 19.4 Å². The predicted molar refractivity (Wildman–Crippen MR) is 140 cm³/mol. The van der Waals surface area contributed by atoms with Crippen LogP contribution in [-0.4, -0.2) is 80.0 Å². The van der Waals surface area contributed by atoms with Crippen molar-refractivity contribution >= 4 is 5.91 Å². The van der Waals surface area contributed by atoms with E-state index in [1.165, 1.54) is 16.7 Å². The molecule has 0 saturated carbocycles. The third-order valence-corrected chi connectivity index (χ3v) is 6.58. The van der Waals surface area contributed by atoms with Gasteiger partial charge in [-0.3, -0.25) is 14.3 Å². The maximum Gasteiger partial charge on any atom is 0.289 e. The van der Waals surface area contributed by atoms with E-state index < -0.39 is 11.7 Å². The monoisotopic (exact) mass is 510 g/mol. The van der Waals surface area contributed by atoms with Crippen molar-refractivity contribution in [3.05, 3.63) is 53.1 Å². The van der Waals surface area contributed by atoms with Gasteiger partial charge < -0.3 is 20.4 Å². The number of aromatic nitrogens is 3. The van der Waals surface area contributed by atoms with E-state index in [2.05, 4.69) is 32.4 Å². The number of piperazine rings is 1. The van der Waals surface area contributed by atoms with E-state index in [0.29, 0.717) is 23.4 Å². The molecule has 2 aromatic carbocycles. The zero-order valence-electron chi connectivity index (χ0n) is 22.0. The zero-order chi connectivity index (χ0) is 26.9. The Balaban J connectivity index is 1.79. The Morgan fingerprint density at radius 2 is 1.73 bits per heavy atom. The first-order chi connectivity index (χ1) is 17.5. The van der Waals surface area contributed by atoms with E-state index in [9.17, 15) is 15.0 Å². The molecule has 1 aromatic heterocycles. The minimum atomic E-state index is -0.474. The summed E-state index contributed by atoms with van der Waals surface area (Å²) in [7, 11) is 2.08. The molecular weight excluding hydrogens is 475 g/mol. The lowest BCUT2D eigenvalue weighted by Crippen LogP contribution is -2.44. The number of phenols is 2. The molecule has 0 unspecified atom stereocenters. The van der Waals surface area contributed by atoms with Gasteiger partial charge >= 0.3 is 0 Å². The standard InChI is InChI=1S/C27H35FN6O3/c1-16(2)20-13-21(24(36)14-23(20)35)25-30-31-26(27(37)29-17(3)4)34(25)19-7-6-18(22(28)12-19)15-33-10-8-32(5)9-11-33/h6-7,12-14,16-17,35-36H,8-11,15H2,1-5H3,(H,29,37). The van der Waals surface area contributed by atoms with Gasteiger partial charge in [-0.15, -0.1) is 10.2 Å². The second-order valence-electron chi connectivity index (χ2n) is 10.2. The first-order valence-electron chi connectivity index (χ1n) is 12.6. The Labute approximate surface area is 216 Å². The Kier molecular flexibility index (Phi) is 7.79. The molecule has 1 saturated heterocycles. The molecule has 198 valence electrons. The Morgan fingerprint density at radius 1 is 1.03 bits per heavy atom. The number of likely N-dealkylation sites (N-methyl/N-ethyl adjacent to an activating group) is 1. The molecule has 0 spiro atoms. The van der Waals surface area contributed by atoms with Crippen molar-refractivity contribution in [3.8, 4) is 28.6 Å². The average molecular weight is 511 g/mol. The molecule has 4 rings (SSSR count). The number of carbonyl (C=O) groups excluding carboxylic acids is 1. The molecule has 0 radical (unpaired) electrons. The minimum absolute atomic E-state index is 0.0338. The van der Waals surface area contributed by atoms with E-state index in [0.717, 1.165) is 26.2 Å². The number of carbonyl (C=O) groups is 1. The van der Waals surface area contributed by atoms with Crippen LogP contribution in [0.15, 0.2) is 30.3 Å². The number of nitrogens with zero attached hydrogens (tertiary/aromatic N) is 5. The van der Waals surface area contributed by atoms with E-state index in [4.69, 9.17) is 0 Å². The van der Waals surface area contributed by atoms with Crippen molar-refractivity contribution in [3.63, 3.8) is 0 Å². The van der Waals surface area contributed by atoms with Crippen LogP contribution in [0.5, 0.6) is 11.5 Å². The molecule has 3 aromatic rings. The van der Waals surface area contributed by atoms with Crippen LogP contribution in [-0.2, 0) is 6.54 Å². The van der Waals surface area contributed by atoms with Crippen LogP contribution < -0.4 is 5.32 Å². The summed E-state index contributed by atoms with van der Waals surface area (Å²) in [5.41, 5.74) is 1.79. The number of halogens is 1. The van der Waals surface area contributed by atoms with Gasteiger partial charge in [0.1, 0.15) is 17.3 Å². The predicted octanol–water partition coefficient (Wildman–Crippen LogP) is 3.49. The number of nitrogens with one attached hydrogen (secondary N) is 1. The van der Waals surface area contributed by atoms with Gasteiger partial charge in [-0.05, 0) is 50.6 Å². The molecule has 1 amide bonds. The molecule has 0 bridgehead atoms. The number of benzene rings is 2. The van der Waals surface area contributed by atoms with Gasteiger partial charge in [0.25, 0.3) is 5.91 Å². The normalized spacial score (nSPS) is 15.0. The molecule has 10 heteroatoms. The zero-order valence-corrected chi connectivity index (χ0v) is 22.0. The topological polar surface area (TPSA) is 107 Å². The van der Waals surface area contributed by atoms with Crippen LogP contribution in [0.2, 0.25) is 0 Å². The summed E-state index contributed by atoms with van der Waals surface area (Å²) < 4.78 is 16.8. The second-order valence-corrected chi connectivity index (χ2v) is 10.2. The van der Waals surface area contributed by atoms with Gasteiger partial charge in [0.05, 0.1) is 11.3 Å². The van der Waals surface area contributed by atoms with Crippen LogP contribution in [0.3, 0.4) is 0 Å². The van der Waals surface area contributed by atoms with Crippen molar-refractivity contribution in [1.29, 1.82) is 0 Å². The summed E-state index contributed by atoms with van der Waals surface area (Å²) in [6.07, 6.45) is 0. The maximum atomic E-state index is 15.4. The summed E-state index contributed by atoms with van der Waals surface area (Å²) in [6.45, 7) is 11.6. The van der Waals surface area contributed by atoms with Crippen molar-refractivity contribution in [2.24, 2.45) is 0 Å². The van der Waals surface area contributed by atoms with E-state index in [1.54, 1.807) is 18.2 Å². The number of hydrogen-bond acceptors (Lipinski definition) is 7. The summed E-state index contributed by atoms with van der Waals surface area (Å²) in [5.74, 6) is -1.04. The molecule has 37 heavy (non-hydrogen) atoms. The van der Waals surface area contributed by atoms with Crippen molar-refractivity contribution in [2.45, 2.75) is 46.2 Å². The summed E-state index contributed by atoms with van der Waals surface area (Å²) in [5, 5.41) is 32.1. The SMILES string of the molecule is CC(C)NC(=O)c1nnc(-c2cc(C(C)C)c(O)cc2O)n1-c1ccc(CN2CCN(C)CC2)c(F)c1. The molecule has 1 aliphatic rings. The lowest BCUT2D eigenvalue weighted by atomic mass is 9.98. The fourth-order valence-corrected chi connectivity index (χ4v) is 4.46. The Hall–Kier alpha value is -3.50. The largest absolute Gasteiger partial charge is 0.508 e. The molecule has 2 heterocycles. The highest BCUT2D eigenvalue weighted by atomic mass is 19.1. The van der Waals surface area contributed by atoms with Gasteiger partial charge in [0.15, 0.2) is 5.82 Å². The number of amides is 1. The molecule has 0 aliphatic carbocycles. The fraction of sp³-hybridized carbons (Fsp3) is 0.444. The second kappa shape index (κ2) is 10.9. The van der Waals surface area contributed by atoms with Gasteiger partial charge in [-0.25, -0.2) is 4.39 Å². The minimum Gasteiger partial charge on any atom is -0.508 e. The Morgan fingerprint density at radius 3 is 2.35 bits per heavy atom. The molecule has 0 atom stereocenters. The first kappa shape index (κ1) is 26.6. The van der Waals surface area contributed by atoms with Crippen LogP contribution in [0.1, 0.15) is 55.4 Å². The first-order valence-corrected chi connectivity index (χ1v) is 12.6. The molecular formula is C27H35FN6O3. The van der Waals surface area contributed by atoms with Crippen LogP contribution in [0.4, 0.5) is 4.39 Å². The molecule has 9 nitrogen and oxygen atoms in total. The third kappa shape index (κ3) is 5.75. The number of hydrogen-bond donors (Lipinski definition) is 3. The van der Waals surface area contributed by atoms with Crippen molar-refractivity contribution in [1.82, 2.24) is 29.9 Å². The third-order valence-electron chi connectivity index (χ3n) is 6.58. The van der Waals surface area contributed by atoms with Crippen LogP contribution in [0.25, 0.3) is 17.1 Å². The number of aromatic hydroxyl groups is 2. The molecule has 3 N–H and O–H groups in total. The van der Waals surface area contributed by atoms with Gasteiger partial charge in [0, 0.05) is 50.4 Å². The average Bonchev–Trinajstić information content (AvgIpc) is 3.26. The highest BCUT2D eigenvalue weighted by molar-refractivity contribution is 5.92. The highest BCUT2D eigenvalue weighted by Crippen LogP contribution is 2.38. The van der Waals surface area contributed by atoms with Crippen LogP contribution >= 0.6 is 0 Å². The number of phenolic OH excluding ortho intramolecular Hbond substituents is 2. The lowest BCUT2D eigenvalue weighted by Gasteiger charge is -2.32. The summed E-state index contributed by atoms with van der Waals surface area (Å²) in [4.78, 5) is 17.5. The van der Waals surface area contributed by atoms with E-state index >= 15 is 4.39 Å². The quantitative estimate of drug-likeness (QED) is 0.447. The van der Waals surface area contributed by atoms with Gasteiger partial charge in [0.2, 0.25) is 5.82 Å². The smallest absolute Gasteiger partial charge is 0.289 e. The van der Waals surface area contributed by atoms with Gasteiger partial charge in [-0.2, -0.15) is 0 Å². The Bertz CT molecular complexity index is 1280. The fourth-order valence-electron chi connectivity index (χ4n) is 4.46. The number of rotatable bonds is 7. The van der Waals surface area contributed by atoms with E-state index in [-0.39, 0.29) is 40.7 Å². The molecule has 1 aliphatic heterocycles. The van der Waals surface area contributed by atoms with Crippen molar-refractivity contribution in [2.75, 3.05) is 33.2 Å². The highest BCUT2D eigenvalue weighted by Gasteiger charge is 2.25. The summed E-state index contributed by atoms with van der Waals surface area (Å²) >= 11 is 0. The van der Waals surface area contributed by atoms with Crippen LogP contribution in [0, 0.1) is 5.82 Å².